The predicted molar refractivity (Wildman–Crippen MR) is 80.7 cm³/mol. The molecule has 0 heterocycles. The average molecular weight is 266 g/mol. The molecule has 0 bridgehead atoms. The summed E-state index contributed by atoms with van der Waals surface area (Å²) < 4.78 is 0. The van der Waals surface area contributed by atoms with Crippen molar-refractivity contribution in [1.82, 2.24) is 4.90 Å². The van der Waals surface area contributed by atoms with Gasteiger partial charge in [0.1, 0.15) is 0 Å². The molecule has 3 nitrogen and oxygen atoms in total. The highest BCUT2D eigenvalue weighted by molar-refractivity contribution is 5.81. The van der Waals surface area contributed by atoms with Crippen LogP contribution in [0.25, 0.3) is 0 Å². The maximum atomic E-state index is 12.5. The van der Waals surface area contributed by atoms with Gasteiger partial charge in [-0.05, 0) is 31.1 Å². The molecule has 3 heteroatoms. The number of nitrogens with two attached hydrogens (primary N) is 1. The van der Waals surface area contributed by atoms with Crippen molar-refractivity contribution >= 4 is 5.91 Å². The molecule has 0 aromatic carbocycles. The van der Waals surface area contributed by atoms with Crippen molar-refractivity contribution in [2.45, 2.75) is 53.0 Å². The molecule has 1 aliphatic carbocycles. The number of amides is 1. The molecule has 110 valence electrons. The SMILES string of the molecule is CC(C)CCN(CCC(C)C)C(=O)C1C=CC(N)C1. The van der Waals surface area contributed by atoms with Crippen molar-refractivity contribution in [2.75, 3.05) is 13.1 Å². The lowest BCUT2D eigenvalue weighted by atomic mass is 10.0. The minimum absolute atomic E-state index is 0.00863. The molecule has 2 unspecified atom stereocenters. The molecular weight excluding hydrogens is 236 g/mol. The van der Waals surface area contributed by atoms with Crippen molar-refractivity contribution in [3.8, 4) is 0 Å². The summed E-state index contributed by atoms with van der Waals surface area (Å²) >= 11 is 0. The van der Waals surface area contributed by atoms with Gasteiger partial charge in [0.05, 0.1) is 5.92 Å². The second-order valence-electron chi connectivity index (χ2n) is 6.58. The Bertz CT molecular complexity index is 298. The van der Waals surface area contributed by atoms with Gasteiger partial charge in [0.2, 0.25) is 5.91 Å². The van der Waals surface area contributed by atoms with Crippen molar-refractivity contribution in [3.05, 3.63) is 12.2 Å². The Morgan fingerprint density at radius 2 is 1.68 bits per heavy atom. The standard InChI is InChI=1S/C16H30N2O/c1-12(2)7-9-18(10-8-13(3)4)16(19)14-5-6-15(17)11-14/h5-6,12-15H,7-11,17H2,1-4H3. The summed E-state index contributed by atoms with van der Waals surface area (Å²) in [6, 6.07) is 0.0611. The van der Waals surface area contributed by atoms with Crippen LogP contribution in [0.3, 0.4) is 0 Å². The van der Waals surface area contributed by atoms with E-state index in [1.54, 1.807) is 0 Å². The Balaban J connectivity index is 2.55. The zero-order valence-corrected chi connectivity index (χ0v) is 12.9. The van der Waals surface area contributed by atoms with Gasteiger partial charge in [0, 0.05) is 19.1 Å². The lowest BCUT2D eigenvalue weighted by Gasteiger charge is -2.27. The van der Waals surface area contributed by atoms with Crippen LogP contribution in [-0.4, -0.2) is 29.9 Å². The van der Waals surface area contributed by atoms with Crippen LogP contribution in [0.5, 0.6) is 0 Å². The van der Waals surface area contributed by atoms with Gasteiger partial charge in [-0.2, -0.15) is 0 Å². The zero-order valence-electron chi connectivity index (χ0n) is 12.9. The number of carbonyl (C=O) groups is 1. The van der Waals surface area contributed by atoms with E-state index in [0.29, 0.717) is 11.8 Å². The summed E-state index contributed by atoms with van der Waals surface area (Å²) in [5.74, 6) is 1.55. The van der Waals surface area contributed by atoms with E-state index in [4.69, 9.17) is 5.73 Å². The first kappa shape index (κ1) is 16.2. The van der Waals surface area contributed by atoms with E-state index in [2.05, 4.69) is 27.7 Å². The highest BCUT2D eigenvalue weighted by Crippen LogP contribution is 2.20. The highest BCUT2D eigenvalue weighted by atomic mass is 16.2. The Morgan fingerprint density at radius 1 is 1.16 bits per heavy atom. The Hall–Kier alpha value is -0.830. The molecule has 1 aliphatic rings. The summed E-state index contributed by atoms with van der Waals surface area (Å²) in [7, 11) is 0. The van der Waals surface area contributed by atoms with Gasteiger partial charge < -0.3 is 10.6 Å². The number of hydrogen-bond acceptors (Lipinski definition) is 2. The third kappa shape index (κ3) is 5.77. The molecule has 0 saturated carbocycles. The molecule has 0 aromatic heterocycles. The van der Waals surface area contributed by atoms with E-state index in [1.807, 2.05) is 17.1 Å². The fourth-order valence-electron chi connectivity index (χ4n) is 2.31. The van der Waals surface area contributed by atoms with Gasteiger partial charge in [-0.25, -0.2) is 0 Å². The molecule has 0 radical (unpaired) electrons. The number of carbonyl (C=O) groups excluding carboxylic acids is 1. The second-order valence-corrected chi connectivity index (χ2v) is 6.58. The zero-order chi connectivity index (χ0) is 14.4. The maximum absolute atomic E-state index is 12.5. The number of nitrogens with zero attached hydrogens (tertiary/aromatic N) is 1. The van der Waals surface area contributed by atoms with Crippen LogP contribution < -0.4 is 5.73 Å². The molecule has 0 aromatic rings. The van der Waals surface area contributed by atoms with Crippen molar-refractivity contribution in [2.24, 2.45) is 23.5 Å². The van der Waals surface area contributed by atoms with Crippen LogP contribution in [0.15, 0.2) is 12.2 Å². The largest absolute Gasteiger partial charge is 0.342 e. The molecule has 19 heavy (non-hydrogen) atoms. The van der Waals surface area contributed by atoms with Crippen LogP contribution in [0.4, 0.5) is 0 Å². The fraction of sp³-hybridized carbons (Fsp3) is 0.812. The van der Waals surface area contributed by atoms with Gasteiger partial charge in [0.25, 0.3) is 0 Å². The van der Waals surface area contributed by atoms with E-state index >= 15 is 0 Å². The summed E-state index contributed by atoms with van der Waals surface area (Å²) in [5, 5.41) is 0. The van der Waals surface area contributed by atoms with Crippen molar-refractivity contribution in [1.29, 1.82) is 0 Å². The first-order valence-corrected chi connectivity index (χ1v) is 7.62. The minimum atomic E-state index is 0.00863. The summed E-state index contributed by atoms with van der Waals surface area (Å²) in [6.07, 6.45) is 6.88. The minimum Gasteiger partial charge on any atom is -0.342 e. The molecule has 0 aliphatic heterocycles. The van der Waals surface area contributed by atoms with Gasteiger partial charge >= 0.3 is 0 Å². The van der Waals surface area contributed by atoms with Crippen LogP contribution in [0, 0.1) is 17.8 Å². The third-order valence-corrected chi connectivity index (χ3v) is 3.70. The van der Waals surface area contributed by atoms with Gasteiger partial charge in [0.15, 0.2) is 0 Å². The maximum Gasteiger partial charge on any atom is 0.229 e. The average Bonchev–Trinajstić information content (AvgIpc) is 2.74. The molecule has 2 atom stereocenters. The Morgan fingerprint density at radius 3 is 2.05 bits per heavy atom. The smallest absolute Gasteiger partial charge is 0.229 e. The molecule has 1 rings (SSSR count). The fourth-order valence-corrected chi connectivity index (χ4v) is 2.31. The molecule has 0 saturated heterocycles. The molecule has 0 fully saturated rings. The summed E-state index contributed by atoms with van der Waals surface area (Å²) in [6.45, 7) is 10.6. The highest BCUT2D eigenvalue weighted by Gasteiger charge is 2.26. The third-order valence-electron chi connectivity index (χ3n) is 3.70. The summed E-state index contributed by atoms with van der Waals surface area (Å²) in [5.41, 5.74) is 5.85. The van der Waals surface area contributed by atoms with Gasteiger partial charge in [-0.3, -0.25) is 4.79 Å². The molecule has 1 amide bonds. The van der Waals surface area contributed by atoms with E-state index in [1.165, 1.54) is 0 Å². The molecule has 2 N–H and O–H groups in total. The van der Waals surface area contributed by atoms with Crippen LogP contribution in [0.2, 0.25) is 0 Å². The Labute approximate surface area is 118 Å². The Kier molecular flexibility index (Phi) is 6.56. The first-order valence-electron chi connectivity index (χ1n) is 7.62. The summed E-state index contributed by atoms with van der Waals surface area (Å²) in [4.78, 5) is 14.6. The van der Waals surface area contributed by atoms with E-state index < -0.39 is 0 Å². The monoisotopic (exact) mass is 266 g/mol. The van der Waals surface area contributed by atoms with E-state index in [0.717, 1.165) is 32.4 Å². The van der Waals surface area contributed by atoms with E-state index in [-0.39, 0.29) is 17.9 Å². The predicted octanol–water partition coefficient (Wildman–Crippen LogP) is 2.81. The van der Waals surface area contributed by atoms with Gasteiger partial charge in [-0.15, -0.1) is 0 Å². The van der Waals surface area contributed by atoms with Gasteiger partial charge in [-0.1, -0.05) is 39.8 Å². The topological polar surface area (TPSA) is 46.3 Å². The molecule has 0 spiro atoms. The quantitative estimate of drug-likeness (QED) is 0.720. The number of hydrogen-bond donors (Lipinski definition) is 1. The van der Waals surface area contributed by atoms with Crippen molar-refractivity contribution in [3.63, 3.8) is 0 Å². The normalized spacial score (nSPS) is 22.5. The lowest BCUT2D eigenvalue weighted by molar-refractivity contribution is -0.134. The lowest BCUT2D eigenvalue weighted by Crippen LogP contribution is -2.38. The van der Waals surface area contributed by atoms with Crippen LogP contribution >= 0.6 is 0 Å². The first-order chi connectivity index (χ1) is 8.90. The van der Waals surface area contributed by atoms with E-state index in [9.17, 15) is 4.79 Å². The second kappa shape index (κ2) is 7.68. The van der Waals surface area contributed by atoms with Crippen LogP contribution in [0.1, 0.15) is 47.0 Å². The molecular formula is C16H30N2O. The van der Waals surface area contributed by atoms with Crippen LogP contribution in [-0.2, 0) is 4.79 Å². The number of rotatable bonds is 7. The van der Waals surface area contributed by atoms with Crippen molar-refractivity contribution < 1.29 is 4.79 Å².